The second-order valence-corrected chi connectivity index (χ2v) is 5.08. The van der Waals surface area contributed by atoms with E-state index in [1.165, 1.54) is 0 Å². The molecule has 1 N–H and O–H groups in total. The van der Waals surface area contributed by atoms with E-state index in [-0.39, 0.29) is 11.8 Å². The number of nitrogens with one attached hydrogen (secondary N) is 1. The summed E-state index contributed by atoms with van der Waals surface area (Å²) in [6.45, 7) is 1.10. The summed E-state index contributed by atoms with van der Waals surface area (Å²) < 4.78 is 5.73. The lowest BCUT2D eigenvalue weighted by molar-refractivity contribution is -0.123. The van der Waals surface area contributed by atoms with E-state index < -0.39 is 0 Å². The number of carbonyl (C=O) groups excluding carboxylic acids is 1. The van der Waals surface area contributed by atoms with Crippen LogP contribution in [-0.4, -0.2) is 34.0 Å². The molecule has 3 heterocycles. The number of rotatable bonds is 3. The van der Waals surface area contributed by atoms with Crippen LogP contribution in [0.5, 0.6) is 5.88 Å². The van der Waals surface area contributed by atoms with E-state index >= 15 is 0 Å². The van der Waals surface area contributed by atoms with Gasteiger partial charge >= 0.3 is 0 Å². The number of hydrogen-bond donors (Lipinski definition) is 1. The molecule has 0 spiro atoms. The monoisotopic (exact) mass is 292 g/mol. The van der Waals surface area contributed by atoms with Crippen molar-refractivity contribution in [2.75, 3.05) is 13.2 Å². The number of hydrogen-bond acceptors (Lipinski definition) is 5. The van der Waals surface area contributed by atoms with Crippen molar-refractivity contribution < 1.29 is 9.53 Å². The number of amides is 1. The molecule has 0 aromatic carbocycles. The third kappa shape index (κ3) is 2.80. The largest absolute Gasteiger partial charge is 0.476 e. The summed E-state index contributed by atoms with van der Waals surface area (Å²) in [6.07, 6.45) is 4.54. The van der Waals surface area contributed by atoms with Gasteiger partial charge in [0, 0.05) is 37.3 Å². The molecule has 3 rings (SSSR count). The number of fused-ring (bicyclic) bond motifs is 1. The molecule has 2 aromatic heterocycles. The third-order valence-electron chi connectivity index (χ3n) is 3.22. The zero-order valence-electron chi connectivity index (χ0n) is 10.7. The zero-order chi connectivity index (χ0) is 13.9. The second-order valence-electron chi connectivity index (χ2n) is 4.69. The predicted octanol–water partition coefficient (Wildman–Crippen LogP) is 1.58. The highest BCUT2D eigenvalue weighted by Gasteiger charge is 2.19. The highest BCUT2D eigenvalue weighted by Crippen LogP contribution is 2.24. The van der Waals surface area contributed by atoms with Crippen LogP contribution in [0, 0.1) is 5.92 Å². The Bertz CT molecular complexity index is 639. The van der Waals surface area contributed by atoms with E-state index in [4.69, 9.17) is 16.3 Å². The fourth-order valence-corrected chi connectivity index (χ4v) is 2.32. The van der Waals surface area contributed by atoms with E-state index in [9.17, 15) is 4.79 Å². The predicted molar refractivity (Wildman–Crippen MR) is 73.6 cm³/mol. The lowest BCUT2D eigenvalue weighted by Gasteiger charge is -2.22. The Morgan fingerprint density at radius 2 is 2.25 bits per heavy atom. The minimum absolute atomic E-state index is 0.0958. The lowest BCUT2D eigenvalue weighted by Crippen LogP contribution is -2.37. The highest BCUT2D eigenvalue weighted by atomic mass is 35.5. The number of aromatic nitrogens is 3. The number of ether oxygens (including phenoxy) is 1. The third-order valence-corrected chi connectivity index (χ3v) is 3.41. The van der Waals surface area contributed by atoms with Crippen molar-refractivity contribution in [1.82, 2.24) is 20.3 Å². The van der Waals surface area contributed by atoms with Crippen LogP contribution in [0.1, 0.15) is 12.8 Å². The van der Waals surface area contributed by atoms with Crippen molar-refractivity contribution in [3.8, 4) is 5.88 Å². The number of piperidine rings is 1. The fraction of sp³-hybridized carbons (Fsp3) is 0.385. The van der Waals surface area contributed by atoms with E-state index in [0.29, 0.717) is 41.6 Å². The van der Waals surface area contributed by atoms with Gasteiger partial charge in [0.05, 0.1) is 12.1 Å². The summed E-state index contributed by atoms with van der Waals surface area (Å²) in [5, 5.41) is 3.15. The summed E-state index contributed by atoms with van der Waals surface area (Å²) in [7, 11) is 0. The first-order chi connectivity index (χ1) is 9.72. The second kappa shape index (κ2) is 5.58. The quantitative estimate of drug-likeness (QED) is 0.869. The Morgan fingerprint density at radius 3 is 3.05 bits per heavy atom. The van der Waals surface area contributed by atoms with E-state index in [2.05, 4.69) is 20.3 Å². The molecule has 104 valence electrons. The van der Waals surface area contributed by atoms with Gasteiger partial charge in [-0.1, -0.05) is 11.6 Å². The molecule has 20 heavy (non-hydrogen) atoms. The summed E-state index contributed by atoms with van der Waals surface area (Å²) in [4.78, 5) is 23.7. The van der Waals surface area contributed by atoms with Gasteiger partial charge in [0.15, 0.2) is 5.52 Å². The van der Waals surface area contributed by atoms with Crippen LogP contribution in [0.25, 0.3) is 11.0 Å². The molecular formula is C13H13ClN4O2. The molecular weight excluding hydrogens is 280 g/mol. The first kappa shape index (κ1) is 13.1. The summed E-state index contributed by atoms with van der Waals surface area (Å²) in [5.74, 6) is 0.760. The van der Waals surface area contributed by atoms with Gasteiger partial charge < -0.3 is 10.1 Å². The molecule has 1 saturated heterocycles. The van der Waals surface area contributed by atoms with Gasteiger partial charge in [-0.2, -0.15) is 4.98 Å². The Hall–Kier alpha value is -1.95. The molecule has 0 bridgehead atoms. The summed E-state index contributed by atoms with van der Waals surface area (Å²) in [6, 6.07) is 1.65. The molecule has 0 radical (unpaired) electrons. The van der Waals surface area contributed by atoms with Crippen LogP contribution >= 0.6 is 11.6 Å². The molecule has 1 aliphatic rings. The van der Waals surface area contributed by atoms with Crippen LogP contribution in [0.3, 0.4) is 0 Å². The van der Waals surface area contributed by atoms with Gasteiger partial charge in [-0.05, 0) is 6.42 Å². The van der Waals surface area contributed by atoms with Crippen molar-refractivity contribution in [2.45, 2.75) is 12.8 Å². The van der Waals surface area contributed by atoms with Gasteiger partial charge in [0.2, 0.25) is 11.8 Å². The van der Waals surface area contributed by atoms with Gasteiger partial charge in [0.25, 0.3) is 0 Å². The first-order valence-corrected chi connectivity index (χ1v) is 6.77. The summed E-state index contributed by atoms with van der Waals surface area (Å²) >= 11 is 5.95. The number of halogens is 1. The standard InChI is InChI=1S/C13H13ClN4O2/c14-10-5-9-12(16-4-3-15-9)13(18-10)20-7-8-1-2-11(19)17-6-8/h3-5,8H,1-2,6-7H2,(H,17,19). The van der Waals surface area contributed by atoms with Gasteiger partial charge in [-0.15, -0.1) is 0 Å². The molecule has 1 atom stereocenters. The fourth-order valence-electron chi connectivity index (χ4n) is 2.14. The molecule has 0 aliphatic carbocycles. The van der Waals surface area contributed by atoms with Gasteiger partial charge in [-0.3, -0.25) is 9.78 Å². The Balaban J connectivity index is 1.75. The molecule has 1 amide bonds. The number of carbonyl (C=O) groups is 1. The molecule has 2 aromatic rings. The molecule has 1 aliphatic heterocycles. The van der Waals surface area contributed by atoms with E-state index in [1.54, 1.807) is 18.5 Å². The Morgan fingerprint density at radius 1 is 1.40 bits per heavy atom. The van der Waals surface area contributed by atoms with E-state index in [1.807, 2.05) is 0 Å². The molecule has 6 nitrogen and oxygen atoms in total. The van der Waals surface area contributed by atoms with Crippen molar-refractivity contribution in [3.63, 3.8) is 0 Å². The van der Waals surface area contributed by atoms with Crippen molar-refractivity contribution in [3.05, 3.63) is 23.6 Å². The Kier molecular flexibility index (Phi) is 3.64. The molecule has 0 saturated carbocycles. The van der Waals surface area contributed by atoms with Crippen molar-refractivity contribution in [1.29, 1.82) is 0 Å². The van der Waals surface area contributed by atoms with Crippen LogP contribution in [0.4, 0.5) is 0 Å². The van der Waals surface area contributed by atoms with Crippen molar-refractivity contribution in [2.24, 2.45) is 5.92 Å². The van der Waals surface area contributed by atoms with Crippen LogP contribution in [-0.2, 0) is 4.79 Å². The van der Waals surface area contributed by atoms with Crippen LogP contribution in [0.15, 0.2) is 18.5 Å². The molecule has 1 fully saturated rings. The van der Waals surface area contributed by atoms with Crippen molar-refractivity contribution >= 4 is 28.5 Å². The maximum Gasteiger partial charge on any atom is 0.243 e. The number of pyridine rings is 1. The minimum atomic E-state index is 0.0958. The minimum Gasteiger partial charge on any atom is -0.476 e. The Labute approximate surface area is 120 Å². The van der Waals surface area contributed by atoms with E-state index in [0.717, 1.165) is 6.42 Å². The average Bonchev–Trinajstić information content (AvgIpc) is 2.46. The van der Waals surface area contributed by atoms with Gasteiger partial charge in [-0.25, -0.2) is 4.98 Å². The maximum absolute atomic E-state index is 11.1. The molecule has 1 unspecified atom stereocenters. The maximum atomic E-state index is 11.1. The lowest BCUT2D eigenvalue weighted by atomic mass is 10.0. The first-order valence-electron chi connectivity index (χ1n) is 6.39. The molecule has 7 heteroatoms. The van der Waals surface area contributed by atoms with Gasteiger partial charge in [0.1, 0.15) is 5.15 Å². The SMILES string of the molecule is O=C1CCC(COc2nc(Cl)cc3nccnc23)CN1. The zero-order valence-corrected chi connectivity index (χ0v) is 11.4. The van der Waals surface area contributed by atoms with Crippen LogP contribution < -0.4 is 10.1 Å². The topological polar surface area (TPSA) is 77.0 Å². The number of nitrogens with zero attached hydrogens (tertiary/aromatic N) is 3. The highest BCUT2D eigenvalue weighted by molar-refractivity contribution is 6.30. The smallest absolute Gasteiger partial charge is 0.243 e. The van der Waals surface area contributed by atoms with Crippen LogP contribution in [0.2, 0.25) is 5.15 Å². The summed E-state index contributed by atoms with van der Waals surface area (Å²) in [5.41, 5.74) is 1.25. The average molecular weight is 293 g/mol. The normalized spacial score (nSPS) is 18.9.